The summed E-state index contributed by atoms with van der Waals surface area (Å²) >= 11 is 1.82. The van der Waals surface area contributed by atoms with Crippen molar-refractivity contribution >= 4 is 17.2 Å². The van der Waals surface area contributed by atoms with Crippen LogP contribution in [-0.4, -0.2) is 12.5 Å². The van der Waals surface area contributed by atoms with E-state index in [1.54, 1.807) is 0 Å². The van der Waals surface area contributed by atoms with Gasteiger partial charge in [-0.25, -0.2) is 0 Å². The molecule has 1 aromatic carbocycles. The summed E-state index contributed by atoms with van der Waals surface area (Å²) in [5, 5.41) is 5.31. The Labute approximate surface area is 141 Å². The van der Waals surface area contributed by atoms with Crippen LogP contribution in [0.3, 0.4) is 0 Å². The number of nitrogens with one attached hydrogen (secondary N) is 1. The van der Waals surface area contributed by atoms with Crippen molar-refractivity contribution < 1.29 is 4.79 Å². The number of thiophene rings is 1. The van der Waals surface area contributed by atoms with Gasteiger partial charge in [-0.2, -0.15) is 0 Å². The normalized spacial score (nSPS) is 16.9. The molecular weight excluding hydrogens is 304 g/mol. The lowest BCUT2D eigenvalue weighted by atomic mass is 9.73. The lowest BCUT2D eigenvalue weighted by molar-refractivity contribution is 0.0937. The quantitative estimate of drug-likeness (QED) is 0.876. The first-order valence-electron chi connectivity index (χ1n) is 8.35. The highest BCUT2D eigenvalue weighted by atomic mass is 32.1. The first-order chi connectivity index (χ1) is 11.2. The largest absolute Gasteiger partial charge is 0.351 e. The van der Waals surface area contributed by atoms with E-state index in [-0.39, 0.29) is 11.3 Å². The van der Waals surface area contributed by atoms with E-state index < -0.39 is 0 Å². The van der Waals surface area contributed by atoms with Crippen molar-refractivity contribution in [3.8, 4) is 0 Å². The van der Waals surface area contributed by atoms with E-state index in [2.05, 4.69) is 22.8 Å². The van der Waals surface area contributed by atoms with E-state index in [4.69, 9.17) is 5.73 Å². The molecule has 1 heterocycles. The Morgan fingerprint density at radius 1 is 1.13 bits per heavy atom. The molecule has 1 saturated carbocycles. The van der Waals surface area contributed by atoms with Gasteiger partial charge in [-0.05, 0) is 42.0 Å². The molecular formula is C19H24N2OS. The third-order valence-corrected chi connectivity index (χ3v) is 6.01. The van der Waals surface area contributed by atoms with Gasteiger partial charge in [0.05, 0.1) is 0 Å². The molecule has 1 amide bonds. The maximum Gasteiger partial charge on any atom is 0.251 e. The van der Waals surface area contributed by atoms with Crippen LogP contribution in [0.25, 0.3) is 0 Å². The van der Waals surface area contributed by atoms with Crippen LogP contribution < -0.4 is 11.1 Å². The lowest BCUT2D eigenvalue weighted by Gasteiger charge is -2.36. The fourth-order valence-corrected chi connectivity index (χ4v) is 4.45. The molecule has 23 heavy (non-hydrogen) atoms. The zero-order valence-electron chi connectivity index (χ0n) is 13.4. The van der Waals surface area contributed by atoms with Crippen LogP contribution in [0, 0.1) is 0 Å². The van der Waals surface area contributed by atoms with E-state index in [1.165, 1.54) is 37.0 Å². The molecule has 1 aromatic heterocycles. The molecule has 0 spiro atoms. The van der Waals surface area contributed by atoms with Gasteiger partial charge in [-0.1, -0.05) is 37.5 Å². The van der Waals surface area contributed by atoms with E-state index in [0.717, 1.165) is 12.1 Å². The maximum absolute atomic E-state index is 12.5. The summed E-state index contributed by atoms with van der Waals surface area (Å²) in [5.74, 6) is 0.00933. The Kier molecular flexibility index (Phi) is 5.13. The number of hydrogen-bond donors (Lipinski definition) is 2. The van der Waals surface area contributed by atoms with Crippen LogP contribution in [0.4, 0.5) is 0 Å². The van der Waals surface area contributed by atoms with Crippen LogP contribution in [-0.2, 0) is 12.0 Å². The number of rotatable bonds is 5. The van der Waals surface area contributed by atoms with E-state index in [1.807, 2.05) is 35.6 Å². The lowest BCUT2D eigenvalue weighted by Crippen LogP contribution is -2.41. The monoisotopic (exact) mass is 328 g/mol. The molecule has 0 unspecified atom stereocenters. The van der Waals surface area contributed by atoms with Crippen LogP contribution in [0.5, 0.6) is 0 Å². The third kappa shape index (κ3) is 3.65. The number of carbonyl (C=O) groups is 1. The molecule has 3 nitrogen and oxygen atoms in total. The molecule has 0 aliphatic heterocycles. The zero-order valence-corrected chi connectivity index (χ0v) is 14.2. The van der Waals surface area contributed by atoms with Gasteiger partial charge in [0, 0.05) is 28.9 Å². The van der Waals surface area contributed by atoms with Gasteiger partial charge in [0.2, 0.25) is 0 Å². The standard InChI is InChI=1S/C19H24N2OS/c20-13-15-6-8-16(9-7-15)18(22)21-14-19(10-2-1-3-11-19)17-5-4-12-23-17/h4-9,12H,1-3,10-11,13-14,20H2,(H,21,22). The highest BCUT2D eigenvalue weighted by molar-refractivity contribution is 7.10. The number of nitrogens with two attached hydrogens (primary N) is 1. The highest BCUT2D eigenvalue weighted by Gasteiger charge is 2.35. The third-order valence-electron chi connectivity index (χ3n) is 4.89. The highest BCUT2D eigenvalue weighted by Crippen LogP contribution is 2.41. The van der Waals surface area contributed by atoms with Crippen molar-refractivity contribution in [2.45, 2.75) is 44.1 Å². The first kappa shape index (κ1) is 16.2. The molecule has 1 aliphatic rings. The van der Waals surface area contributed by atoms with Crippen molar-refractivity contribution in [2.75, 3.05) is 6.54 Å². The molecule has 3 rings (SSSR count). The van der Waals surface area contributed by atoms with E-state index in [0.29, 0.717) is 12.1 Å². The topological polar surface area (TPSA) is 55.1 Å². The summed E-state index contributed by atoms with van der Waals surface area (Å²) in [4.78, 5) is 13.9. The van der Waals surface area contributed by atoms with Gasteiger partial charge in [0.25, 0.3) is 5.91 Å². The summed E-state index contributed by atoms with van der Waals surface area (Å²) in [6, 6.07) is 11.9. The zero-order chi connectivity index (χ0) is 16.1. The summed E-state index contributed by atoms with van der Waals surface area (Å²) in [6.07, 6.45) is 6.14. The minimum atomic E-state index is 0.00933. The van der Waals surface area contributed by atoms with E-state index >= 15 is 0 Å². The van der Waals surface area contributed by atoms with Crippen LogP contribution in [0.2, 0.25) is 0 Å². The summed E-state index contributed by atoms with van der Waals surface area (Å²) in [6.45, 7) is 1.23. The van der Waals surface area contributed by atoms with Gasteiger partial charge in [0.15, 0.2) is 0 Å². The number of amides is 1. The first-order valence-corrected chi connectivity index (χ1v) is 9.23. The second kappa shape index (κ2) is 7.28. The van der Waals surface area contributed by atoms with Gasteiger partial charge in [-0.15, -0.1) is 11.3 Å². The van der Waals surface area contributed by atoms with Gasteiger partial charge in [0.1, 0.15) is 0 Å². The van der Waals surface area contributed by atoms with E-state index in [9.17, 15) is 4.79 Å². The minimum Gasteiger partial charge on any atom is -0.351 e. The Morgan fingerprint density at radius 3 is 2.48 bits per heavy atom. The fraction of sp³-hybridized carbons (Fsp3) is 0.421. The second-order valence-corrected chi connectivity index (χ2v) is 7.35. The minimum absolute atomic E-state index is 0.00933. The van der Waals surface area contributed by atoms with Crippen LogP contribution >= 0.6 is 11.3 Å². The molecule has 4 heteroatoms. The Balaban J connectivity index is 1.70. The van der Waals surface area contributed by atoms with Gasteiger partial charge >= 0.3 is 0 Å². The molecule has 1 fully saturated rings. The van der Waals surface area contributed by atoms with Crippen molar-refractivity contribution in [1.82, 2.24) is 5.32 Å². The molecule has 2 aromatic rings. The molecule has 0 saturated heterocycles. The summed E-state index contributed by atoms with van der Waals surface area (Å²) in [5.41, 5.74) is 7.48. The molecule has 0 atom stereocenters. The second-order valence-electron chi connectivity index (χ2n) is 6.40. The van der Waals surface area contributed by atoms with Gasteiger partial charge < -0.3 is 11.1 Å². The number of hydrogen-bond acceptors (Lipinski definition) is 3. The van der Waals surface area contributed by atoms with Crippen molar-refractivity contribution in [1.29, 1.82) is 0 Å². The average molecular weight is 328 g/mol. The number of carbonyl (C=O) groups excluding carboxylic acids is 1. The van der Waals surface area contributed by atoms with Crippen molar-refractivity contribution in [3.05, 3.63) is 57.8 Å². The van der Waals surface area contributed by atoms with Crippen molar-refractivity contribution in [2.24, 2.45) is 5.73 Å². The predicted octanol–water partition coefficient (Wildman–Crippen LogP) is 3.84. The summed E-state index contributed by atoms with van der Waals surface area (Å²) in [7, 11) is 0. The Hall–Kier alpha value is -1.65. The SMILES string of the molecule is NCc1ccc(C(=O)NCC2(c3cccs3)CCCCC2)cc1. The molecule has 0 radical (unpaired) electrons. The van der Waals surface area contributed by atoms with Crippen molar-refractivity contribution in [3.63, 3.8) is 0 Å². The maximum atomic E-state index is 12.5. The average Bonchev–Trinajstić information content (AvgIpc) is 3.16. The molecule has 3 N–H and O–H groups in total. The predicted molar refractivity (Wildman–Crippen MR) is 95.7 cm³/mol. The fourth-order valence-electron chi connectivity index (χ4n) is 3.46. The molecule has 0 bridgehead atoms. The Morgan fingerprint density at radius 2 is 1.87 bits per heavy atom. The number of benzene rings is 1. The van der Waals surface area contributed by atoms with Gasteiger partial charge in [-0.3, -0.25) is 4.79 Å². The van der Waals surface area contributed by atoms with Crippen LogP contribution in [0.1, 0.15) is 52.9 Å². The molecule has 1 aliphatic carbocycles. The van der Waals surface area contributed by atoms with Crippen LogP contribution in [0.15, 0.2) is 41.8 Å². The summed E-state index contributed by atoms with van der Waals surface area (Å²) < 4.78 is 0. The molecule has 122 valence electrons. The Bertz CT molecular complexity index is 628. The smallest absolute Gasteiger partial charge is 0.251 e.